The van der Waals surface area contributed by atoms with Crippen LogP contribution in [0, 0.1) is 20.2 Å². The van der Waals surface area contributed by atoms with Gasteiger partial charge in [-0.15, -0.1) is 0 Å². The third kappa shape index (κ3) is 9.85. The van der Waals surface area contributed by atoms with Crippen molar-refractivity contribution >= 4 is 29.2 Å². The van der Waals surface area contributed by atoms with E-state index in [2.05, 4.69) is 12.2 Å². The number of anilines is 1. The summed E-state index contributed by atoms with van der Waals surface area (Å²) in [6, 6.07) is 11.8. The summed E-state index contributed by atoms with van der Waals surface area (Å²) in [5, 5.41) is 25.4. The van der Waals surface area contributed by atoms with E-state index in [-0.39, 0.29) is 0 Å². The smallest absolute Gasteiger partial charge is 0.346 e. The van der Waals surface area contributed by atoms with E-state index in [0.29, 0.717) is 5.56 Å². The molecule has 2 rings (SSSR count). The van der Waals surface area contributed by atoms with Gasteiger partial charge in [0.15, 0.2) is 0 Å². The van der Waals surface area contributed by atoms with Crippen LogP contribution in [0.15, 0.2) is 42.5 Å². The summed E-state index contributed by atoms with van der Waals surface area (Å²) in [4.78, 5) is 20.5. The summed E-state index contributed by atoms with van der Waals surface area (Å²) in [5.41, 5.74) is 1.54. The van der Waals surface area contributed by atoms with Gasteiger partial charge in [-0.3, -0.25) is 20.2 Å². The van der Waals surface area contributed by atoms with E-state index in [4.69, 9.17) is 0 Å². The fraction of sp³-hybridized carbons (Fsp3) is 0.462. The van der Waals surface area contributed by atoms with E-state index >= 15 is 0 Å². The molecule has 0 bridgehead atoms. The number of rotatable bonds is 16. The molecule has 0 aliphatic rings. The molecule has 0 unspecified atom stereocenters. The molecular weight excluding hydrogens is 418 g/mol. The van der Waals surface area contributed by atoms with E-state index in [1.807, 2.05) is 30.3 Å². The molecule has 0 fully saturated rings. The largest absolute Gasteiger partial charge is 0.385 e. The lowest BCUT2D eigenvalue weighted by atomic mass is 10.1. The Morgan fingerprint density at radius 2 is 1.21 bits per heavy atom. The van der Waals surface area contributed by atoms with Crippen LogP contribution in [0.25, 0.3) is 12.2 Å². The molecule has 7 heteroatoms. The average molecular weight is 454 g/mol. The van der Waals surface area contributed by atoms with Crippen LogP contribution in [0.1, 0.15) is 82.3 Å². The summed E-state index contributed by atoms with van der Waals surface area (Å²) in [6.45, 7) is 3.21. The Kier molecular flexibility index (Phi) is 11.7. The molecule has 33 heavy (non-hydrogen) atoms. The Bertz CT molecular complexity index is 910. The zero-order valence-corrected chi connectivity index (χ0v) is 19.5. The number of nitrogens with zero attached hydrogens (tertiary/aromatic N) is 2. The fourth-order valence-corrected chi connectivity index (χ4v) is 3.69. The standard InChI is InChI=1S/C26H35N3O4/c1-2-3-4-5-6-7-8-9-10-11-20-27-24-17-14-22(15-18-24)12-13-23-16-19-25(28(30)31)26(21-23)29(32)33/h12-19,21,27H,2-11,20H2,1H3. The number of benzene rings is 2. The summed E-state index contributed by atoms with van der Waals surface area (Å²) < 4.78 is 0. The Labute approximate surface area is 196 Å². The minimum Gasteiger partial charge on any atom is -0.385 e. The van der Waals surface area contributed by atoms with Crippen molar-refractivity contribution in [2.75, 3.05) is 11.9 Å². The molecule has 0 aliphatic carbocycles. The molecule has 0 saturated heterocycles. The molecule has 2 aromatic rings. The SMILES string of the molecule is CCCCCCCCCCCCNc1ccc(C=Cc2ccc([N+](=O)[O-])c([N+](=O)[O-])c2)cc1. The highest BCUT2D eigenvalue weighted by molar-refractivity contribution is 5.73. The maximum Gasteiger partial charge on any atom is 0.346 e. The van der Waals surface area contributed by atoms with Gasteiger partial charge < -0.3 is 5.32 Å². The van der Waals surface area contributed by atoms with Gasteiger partial charge in [-0.1, -0.05) is 89.0 Å². The van der Waals surface area contributed by atoms with Gasteiger partial charge in [-0.25, -0.2) is 0 Å². The second-order valence-electron chi connectivity index (χ2n) is 8.33. The van der Waals surface area contributed by atoms with Crippen LogP contribution >= 0.6 is 0 Å². The van der Waals surface area contributed by atoms with Gasteiger partial charge in [0.1, 0.15) is 0 Å². The van der Waals surface area contributed by atoms with Gasteiger partial charge in [0.2, 0.25) is 0 Å². The van der Waals surface area contributed by atoms with Crippen LogP contribution in [0.3, 0.4) is 0 Å². The predicted octanol–water partition coefficient (Wildman–Crippen LogP) is 8.01. The molecule has 1 N–H and O–H groups in total. The van der Waals surface area contributed by atoms with E-state index in [1.54, 1.807) is 6.08 Å². The van der Waals surface area contributed by atoms with Crippen molar-refractivity contribution in [2.45, 2.75) is 71.1 Å². The molecule has 0 aromatic heterocycles. The lowest BCUT2D eigenvalue weighted by Gasteiger charge is -2.07. The number of unbranched alkanes of at least 4 members (excludes halogenated alkanes) is 9. The number of nitrogens with one attached hydrogen (secondary N) is 1. The van der Waals surface area contributed by atoms with Crippen LogP contribution in [0.4, 0.5) is 17.1 Å². The van der Waals surface area contributed by atoms with Crippen LogP contribution in [0.5, 0.6) is 0 Å². The van der Waals surface area contributed by atoms with Crippen molar-refractivity contribution in [3.05, 3.63) is 73.8 Å². The summed E-state index contributed by atoms with van der Waals surface area (Å²) in [6.07, 6.45) is 16.8. The normalized spacial score (nSPS) is 11.1. The first-order valence-electron chi connectivity index (χ1n) is 12.0. The molecule has 0 aliphatic heterocycles. The molecular formula is C26H35N3O4. The van der Waals surface area contributed by atoms with Gasteiger partial charge in [0, 0.05) is 24.4 Å². The lowest BCUT2D eigenvalue weighted by Crippen LogP contribution is -2.01. The highest BCUT2D eigenvalue weighted by atomic mass is 16.6. The molecule has 0 heterocycles. The Morgan fingerprint density at radius 3 is 1.79 bits per heavy atom. The van der Waals surface area contributed by atoms with Crippen molar-refractivity contribution < 1.29 is 9.85 Å². The second kappa shape index (κ2) is 14.8. The topological polar surface area (TPSA) is 98.3 Å². The van der Waals surface area contributed by atoms with Crippen LogP contribution in [-0.2, 0) is 0 Å². The fourth-order valence-electron chi connectivity index (χ4n) is 3.69. The molecule has 0 amide bonds. The third-order valence-electron chi connectivity index (χ3n) is 5.63. The van der Waals surface area contributed by atoms with Crippen molar-refractivity contribution in [3.63, 3.8) is 0 Å². The van der Waals surface area contributed by atoms with E-state index in [0.717, 1.165) is 24.2 Å². The zero-order valence-electron chi connectivity index (χ0n) is 19.5. The van der Waals surface area contributed by atoms with E-state index in [1.165, 1.54) is 76.0 Å². The van der Waals surface area contributed by atoms with Crippen LogP contribution < -0.4 is 5.32 Å². The monoisotopic (exact) mass is 453 g/mol. The summed E-state index contributed by atoms with van der Waals surface area (Å²) in [7, 11) is 0. The zero-order chi connectivity index (χ0) is 23.9. The minimum absolute atomic E-state index is 0.505. The van der Waals surface area contributed by atoms with Crippen molar-refractivity contribution in [1.29, 1.82) is 0 Å². The molecule has 2 aromatic carbocycles. The highest BCUT2D eigenvalue weighted by Gasteiger charge is 2.23. The van der Waals surface area contributed by atoms with Gasteiger partial charge >= 0.3 is 11.4 Å². The first-order valence-corrected chi connectivity index (χ1v) is 12.0. The molecule has 0 radical (unpaired) electrons. The summed E-state index contributed by atoms with van der Waals surface area (Å²) in [5.74, 6) is 0. The summed E-state index contributed by atoms with van der Waals surface area (Å²) >= 11 is 0. The number of hydrogen-bond donors (Lipinski definition) is 1. The maximum absolute atomic E-state index is 11.1. The third-order valence-corrected chi connectivity index (χ3v) is 5.63. The quantitative estimate of drug-likeness (QED) is 0.120. The van der Waals surface area contributed by atoms with Gasteiger partial charge in [-0.05, 0) is 35.7 Å². The minimum atomic E-state index is -0.743. The average Bonchev–Trinajstić information content (AvgIpc) is 2.81. The Balaban J connectivity index is 1.71. The number of hydrogen-bond acceptors (Lipinski definition) is 5. The van der Waals surface area contributed by atoms with Gasteiger partial charge in [0.25, 0.3) is 0 Å². The lowest BCUT2D eigenvalue weighted by molar-refractivity contribution is -0.422. The molecule has 0 atom stereocenters. The van der Waals surface area contributed by atoms with Crippen molar-refractivity contribution in [1.82, 2.24) is 0 Å². The number of nitro groups is 2. The van der Waals surface area contributed by atoms with E-state index < -0.39 is 21.2 Å². The van der Waals surface area contributed by atoms with Crippen molar-refractivity contribution in [3.8, 4) is 0 Å². The first kappa shape index (κ1) is 26.0. The Morgan fingerprint density at radius 1 is 0.697 bits per heavy atom. The predicted molar refractivity (Wildman–Crippen MR) is 135 cm³/mol. The first-order chi connectivity index (χ1) is 16.0. The van der Waals surface area contributed by atoms with Crippen LogP contribution in [-0.4, -0.2) is 16.4 Å². The van der Waals surface area contributed by atoms with Gasteiger partial charge in [-0.2, -0.15) is 0 Å². The van der Waals surface area contributed by atoms with Crippen LogP contribution in [0.2, 0.25) is 0 Å². The van der Waals surface area contributed by atoms with Crippen molar-refractivity contribution in [2.24, 2.45) is 0 Å². The Hall–Kier alpha value is -3.22. The highest BCUT2D eigenvalue weighted by Crippen LogP contribution is 2.28. The van der Waals surface area contributed by atoms with E-state index in [9.17, 15) is 20.2 Å². The maximum atomic E-state index is 11.1. The second-order valence-corrected chi connectivity index (χ2v) is 8.33. The molecule has 7 nitrogen and oxygen atoms in total. The molecule has 178 valence electrons. The molecule has 0 saturated carbocycles. The molecule has 0 spiro atoms. The number of nitro benzene ring substituents is 2. The van der Waals surface area contributed by atoms with Gasteiger partial charge in [0.05, 0.1) is 9.85 Å².